The van der Waals surface area contributed by atoms with Crippen molar-refractivity contribution in [2.75, 3.05) is 5.75 Å². The largest absolute Gasteiger partial charge is 0.352 e. The van der Waals surface area contributed by atoms with Gasteiger partial charge in [-0.1, -0.05) is 28.1 Å². The van der Waals surface area contributed by atoms with Crippen molar-refractivity contribution in [3.63, 3.8) is 0 Å². The molecule has 0 aliphatic carbocycles. The van der Waals surface area contributed by atoms with Gasteiger partial charge in [0.05, 0.1) is 0 Å². The summed E-state index contributed by atoms with van der Waals surface area (Å²) in [5, 5.41) is 2.89. The van der Waals surface area contributed by atoms with Crippen molar-refractivity contribution in [3.8, 4) is 0 Å². The van der Waals surface area contributed by atoms with E-state index < -0.39 is 0 Å². The van der Waals surface area contributed by atoms with E-state index in [1.807, 2.05) is 24.3 Å². The molecule has 2 aromatic rings. The van der Waals surface area contributed by atoms with Gasteiger partial charge in [-0.2, -0.15) is 0 Å². The molecule has 2 nitrogen and oxygen atoms in total. The monoisotopic (exact) mass is 367 g/mol. The van der Waals surface area contributed by atoms with Crippen LogP contribution in [0.25, 0.3) is 0 Å². The standard InChI is InChI=1S/C16H15BrFNOS/c17-13-3-1-2-12(10-13)11-19-16(20)8-9-21-15-6-4-14(18)5-7-15/h1-7,10H,8-9,11H2,(H,19,20). The average molecular weight is 368 g/mol. The summed E-state index contributed by atoms with van der Waals surface area (Å²) in [4.78, 5) is 12.7. The normalized spacial score (nSPS) is 10.4. The molecule has 0 bridgehead atoms. The maximum absolute atomic E-state index is 12.8. The van der Waals surface area contributed by atoms with Crippen LogP contribution in [0.3, 0.4) is 0 Å². The van der Waals surface area contributed by atoms with Gasteiger partial charge in [-0.3, -0.25) is 4.79 Å². The number of nitrogens with one attached hydrogen (secondary N) is 1. The third kappa shape index (κ3) is 5.89. The molecule has 110 valence electrons. The maximum Gasteiger partial charge on any atom is 0.221 e. The van der Waals surface area contributed by atoms with Crippen LogP contribution in [-0.2, 0) is 11.3 Å². The molecular formula is C16H15BrFNOS. The van der Waals surface area contributed by atoms with Gasteiger partial charge in [0.2, 0.25) is 5.91 Å². The highest BCUT2D eigenvalue weighted by Crippen LogP contribution is 2.18. The van der Waals surface area contributed by atoms with Crippen LogP contribution >= 0.6 is 27.7 Å². The Kier molecular flexibility index (Phi) is 6.26. The Bertz CT molecular complexity index is 603. The van der Waals surface area contributed by atoms with E-state index in [0.29, 0.717) is 18.7 Å². The van der Waals surface area contributed by atoms with E-state index in [0.717, 1.165) is 14.9 Å². The Morgan fingerprint density at radius 1 is 1.19 bits per heavy atom. The summed E-state index contributed by atoms with van der Waals surface area (Å²) < 4.78 is 13.8. The first-order valence-corrected chi connectivity index (χ1v) is 8.31. The van der Waals surface area contributed by atoms with E-state index in [1.54, 1.807) is 23.9 Å². The van der Waals surface area contributed by atoms with Crippen molar-refractivity contribution in [1.82, 2.24) is 5.32 Å². The third-order valence-electron chi connectivity index (χ3n) is 2.79. The Labute approximate surface area is 136 Å². The molecule has 0 aromatic heterocycles. The van der Waals surface area contributed by atoms with Gasteiger partial charge < -0.3 is 5.32 Å². The molecular weight excluding hydrogens is 353 g/mol. The number of hydrogen-bond acceptors (Lipinski definition) is 2. The molecule has 0 atom stereocenters. The van der Waals surface area contributed by atoms with E-state index in [4.69, 9.17) is 0 Å². The molecule has 0 unspecified atom stereocenters. The molecule has 21 heavy (non-hydrogen) atoms. The second-order valence-electron chi connectivity index (χ2n) is 4.46. The fourth-order valence-corrected chi connectivity index (χ4v) is 3.03. The molecule has 5 heteroatoms. The van der Waals surface area contributed by atoms with Gasteiger partial charge in [0, 0.05) is 28.1 Å². The van der Waals surface area contributed by atoms with E-state index in [1.165, 1.54) is 12.1 Å². The first kappa shape index (κ1) is 16.0. The average Bonchev–Trinajstić information content (AvgIpc) is 2.47. The lowest BCUT2D eigenvalue weighted by molar-refractivity contribution is -0.120. The lowest BCUT2D eigenvalue weighted by atomic mass is 10.2. The molecule has 0 saturated heterocycles. The zero-order chi connectivity index (χ0) is 15.1. The number of rotatable bonds is 6. The fraction of sp³-hybridized carbons (Fsp3) is 0.188. The number of halogens is 2. The van der Waals surface area contributed by atoms with E-state index in [-0.39, 0.29) is 11.7 Å². The van der Waals surface area contributed by atoms with Gasteiger partial charge in [0.25, 0.3) is 0 Å². The smallest absolute Gasteiger partial charge is 0.221 e. The Morgan fingerprint density at radius 3 is 2.67 bits per heavy atom. The van der Waals surface area contributed by atoms with Crippen molar-refractivity contribution in [2.24, 2.45) is 0 Å². The van der Waals surface area contributed by atoms with Crippen LogP contribution in [0, 0.1) is 5.82 Å². The topological polar surface area (TPSA) is 29.1 Å². The van der Waals surface area contributed by atoms with Crippen LogP contribution in [0.5, 0.6) is 0 Å². The van der Waals surface area contributed by atoms with E-state index >= 15 is 0 Å². The zero-order valence-corrected chi connectivity index (χ0v) is 13.7. The first-order chi connectivity index (χ1) is 10.1. The Hall–Kier alpha value is -1.33. The van der Waals surface area contributed by atoms with Crippen LogP contribution in [0.15, 0.2) is 57.9 Å². The van der Waals surface area contributed by atoms with Crippen molar-refractivity contribution in [2.45, 2.75) is 17.9 Å². The van der Waals surface area contributed by atoms with Crippen molar-refractivity contribution in [3.05, 3.63) is 64.4 Å². The fourth-order valence-electron chi connectivity index (χ4n) is 1.73. The third-order valence-corrected chi connectivity index (χ3v) is 4.30. The molecule has 0 fully saturated rings. The van der Waals surface area contributed by atoms with Crippen molar-refractivity contribution < 1.29 is 9.18 Å². The number of carbonyl (C=O) groups is 1. The number of carbonyl (C=O) groups excluding carboxylic acids is 1. The van der Waals surface area contributed by atoms with E-state index in [9.17, 15) is 9.18 Å². The molecule has 2 aromatic carbocycles. The van der Waals surface area contributed by atoms with Gasteiger partial charge >= 0.3 is 0 Å². The predicted molar refractivity (Wildman–Crippen MR) is 87.7 cm³/mol. The lowest BCUT2D eigenvalue weighted by Crippen LogP contribution is -2.22. The highest BCUT2D eigenvalue weighted by molar-refractivity contribution is 9.10. The zero-order valence-electron chi connectivity index (χ0n) is 11.3. The number of amides is 1. The van der Waals surface area contributed by atoms with Crippen LogP contribution < -0.4 is 5.32 Å². The Morgan fingerprint density at radius 2 is 1.95 bits per heavy atom. The number of hydrogen-bond donors (Lipinski definition) is 1. The van der Waals surface area contributed by atoms with Crippen molar-refractivity contribution in [1.29, 1.82) is 0 Å². The van der Waals surface area contributed by atoms with E-state index in [2.05, 4.69) is 21.2 Å². The molecule has 0 heterocycles. The van der Waals surface area contributed by atoms with Crippen LogP contribution in [-0.4, -0.2) is 11.7 Å². The minimum absolute atomic E-state index is 0.0181. The van der Waals surface area contributed by atoms with Crippen LogP contribution in [0.4, 0.5) is 4.39 Å². The predicted octanol–water partition coefficient (Wildman–Crippen LogP) is 4.39. The highest BCUT2D eigenvalue weighted by atomic mass is 79.9. The van der Waals surface area contributed by atoms with Crippen LogP contribution in [0.2, 0.25) is 0 Å². The second-order valence-corrected chi connectivity index (χ2v) is 6.54. The van der Waals surface area contributed by atoms with Gasteiger partial charge in [-0.05, 0) is 42.0 Å². The summed E-state index contributed by atoms with van der Waals surface area (Å²) in [5.74, 6) is 0.450. The summed E-state index contributed by atoms with van der Waals surface area (Å²) >= 11 is 4.95. The molecule has 0 radical (unpaired) electrons. The summed E-state index contributed by atoms with van der Waals surface area (Å²) in [5.41, 5.74) is 1.06. The highest BCUT2D eigenvalue weighted by Gasteiger charge is 2.03. The number of thioether (sulfide) groups is 1. The summed E-state index contributed by atoms with van der Waals surface area (Å²) in [6, 6.07) is 14.1. The van der Waals surface area contributed by atoms with Gasteiger partial charge in [-0.15, -0.1) is 11.8 Å². The molecule has 0 aliphatic heterocycles. The van der Waals surface area contributed by atoms with Gasteiger partial charge in [0.15, 0.2) is 0 Å². The number of benzene rings is 2. The van der Waals surface area contributed by atoms with Gasteiger partial charge in [-0.25, -0.2) is 4.39 Å². The molecule has 0 aliphatic rings. The first-order valence-electron chi connectivity index (χ1n) is 6.53. The quantitative estimate of drug-likeness (QED) is 0.767. The maximum atomic E-state index is 12.8. The van der Waals surface area contributed by atoms with Crippen LogP contribution in [0.1, 0.15) is 12.0 Å². The lowest BCUT2D eigenvalue weighted by Gasteiger charge is -2.06. The summed E-state index contributed by atoms with van der Waals surface area (Å²) in [6.45, 7) is 0.527. The summed E-state index contributed by atoms with van der Waals surface area (Å²) in [6.07, 6.45) is 0.441. The SMILES string of the molecule is O=C(CCSc1ccc(F)cc1)NCc1cccc(Br)c1. The van der Waals surface area contributed by atoms with Gasteiger partial charge in [0.1, 0.15) is 5.82 Å². The molecule has 2 rings (SSSR count). The van der Waals surface area contributed by atoms with Crippen molar-refractivity contribution >= 4 is 33.6 Å². The Balaban J connectivity index is 1.69. The minimum Gasteiger partial charge on any atom is -0.352 e. The molecule has 0 spiro atoms. The minimum atomic E-state index is -0.244. The molecule has 1 N–H and O–H groups in total. The molecule has 0 saturated carbocycles. The summed E-state index contributed by atoms with van der Waals surface area (Å²) in [7, 11) is 0. The molecule has 1 amide bonds. The second kappa shape index (κ2) is 8.20.